The van der Waals surface area contributed by atoms with Crippen molar-refractivity contribution >= 4 is 11.8 Å². The fourth-order valence-corrected chi connectivity index (χ4v) is 2.98. The number of hydrogen-bond acceptors (Lipinski definition) is 7. The first-order valence-electron chi connectivity index (χ1n) is 10.2. The summed E-state index contributed by atoms with van der Waals surface area (Å²) < 4.78 is 15.7. The molecule has 0 unspecified atom stereocenters. The zero-order chi connectivity index (χ0) is 22.8. The Hall–Kier alpha value is -3.72. The van der Waals surface area contributed by atoms with Crippen LogP contribution < -0.4 is 10.1 Å². The largest absolute Gasteiger partial charge is 0.497 e. The number of carbonyl (C=O) groups is 2. The van der Waals surface area contributed by atoms with E-state index < -0.39 is 0 Å². The molecule has 3 aromatic rings. The Morgan fingerprint density at radius 1 is 1.09 bits per heavy atom. The van der Waals surface area contributed by atoms with E-state index in [0.717, 1.165) is 11.3 Å². The molecule has 1 N–H and O–H groups in total. The second kappa shape index (κ2) is 11.6. The number of pyridine rings is 1. The minimum Gasteiger partial charge on any atom is -0.497 e. The number of carbonyl (C=O) groups excluding carboxylic acids is 2. The van der Waals surface area contributed by atoms with Gasteiger partial charge in [-0.05, 0) is 24.3 Å². The SMILES string of the molecule is COCCN(CCC(=O)NCc1ccccn1)C(=O)c1cc(-c2cccc(OC)c2)on1. The molecule has 0 bridgehead atoms. The zero-order valence-electron chi connectivity index (χ0n) is 18.1. The highest BCUT2D eigenvalue weighted by molar-refractivity contribution is 5.93. The van der Waals surface area contributed by atoms with Crippen LogP contribution >= 0.6 is 0 Å². The molecule has 0 saturated heterocycles. The number of rotatable bonds is 11. The van der Waals surface area contributed by atoms with Crippen molar-refractivity contribution in [3.63, 3.8) is 0 Å². The van der Waals surface area contributed by atoms with E-state index in [4.69, 9.17) is 14.0 Å². The first-order valence-corrected chi connectivity index (χ1v) is 10.2. The van der Waals surface area contributed by atoms with Crippen molar-refractivity contribution in [2.24, 2.45) is 0 Å². The van der Waals surface area contributed by atoms with Gasteiger partial charge in [-0.25, -0.2) is 0 Å². The second-order valence-electron chi connectivity index (χ2n) is 6.94. The van der Waals surface area contributed by atoms with E-state index in [0.29, 0.717) is 31.2 Å². The fourth-order valence-electron chi connectivity index (χ4n) is 2.98. The molecule has 2 aromatic heterocycles. The van der Waals surface area contributed by atoms with Crippen LogP contribution in [0.25, 0.3) is 11.3 Å². The molecule has 0 aliphatic heterocycles. The Morgan fingerprint density at radius 2 is 1.97 bits per heavy atom. The minimum absolute atomic E-state index is 0.142. The van der Waals surface area contributed by atoms with Gasteiger partial charge in [0.1, 0.15) is 5.75 Å². The average molecular weight is 438 g/mol. The zero-order valence-corrected chi connectivity index (χ0v) is 18.1. The van der Waals surface area contributed by atoms with Crippen molar-refractivity contribution in [3.8, 4) is 17.1 Å². The highest BCUT2D eigenvalue weighted by Gasteiger charge is 2.21. The monoisotopic (exact) mass is 438 g/mol. The number of methoxy groups -OCH3 is 2. The van der Waals surface area contributed by atoms with Gasteiger partial charge in [0.05, 0.1) is 26.0 Å². The van der Waals surface area contributed by atoms with Gasteiger partial charge in [0.25, 0.3) is 5.91 Å². The molecule has 2 heterocycles. The van der Waals surface area contributed by atoms with Gasteiger partial charge in [0.15, 0.2) is 11.5 Å². The summed E-state index contributed by atoms with van der Waals surface area (Å²) >= 11 is 0. The van der Waals surface area contributed by atoms with Gasteiger partial charge < -0.3 is 24.2 Å². The van der Waals surface area contributed by atoms with Crippen LogP contribution in [0.5, 0.6) is 5.75 Å². The lowest BCUT2D eigenvalue weighted by molar-refractivity contribution is -0.121. The molecule has 3 rings (SSSR count). The summed E-state index contributed by atoms with van der Waals surface area (Å²) in [6, 6.07) is 14.4. The quantitative estimate of drug-likeness (QED) is 0.490. The van der Waals surface area contributed by atoms with Gasteiger partial charge in [-0.15, -0.1) is 0 Å². The highest BCUT2D eigenvalue weighted by atomic mass is 16.5. The molecule has 0 saturated carbocycles. The third kappa shape index (κ3) is 6.39. The number of amides is 2. The van der Waals surface area contributed by atoms with E-state index in [-0.39, 0.29) is 30.5 Å². The Morgan fingerprint density at radius 3 is 2.72 bits per heavy atom. The van der Waals surface area contributed by atoms with E-state index in [1.165, 1.54) is 4.90 Å². The molecule has 0 aliphatic rings. The van der Waals surface area contributed by atoms with Gasteiger partial charge in [0.2, 0.25) is 5.91 Å². The Labute approximate surface area is 186 Å². The van der Waals surface area contributed by atoms with Gasteiger partial charge >= 0.3 is 0 Å². The predicted octanol–water partition coefficient (Wildman–Crippen LogP) is 2.54. The lowest BCUT2D eigenvalue weighted by Crippen LogP contribution is -2.37. The maximum Gasteiger partial charge on any atom is 0.276 e. The molecule has 32 heavy (non-hydrogen) atoms. The van der Waals surface area contributed by atoms with Crippen LogP contribution in [0.15, 0.2) is 59.3 Å². The summed E-state index contributed by atoms with van der Waals surface area (Å²) in [6.07, 6.45) is 1.81. The molecule has 168 valence electrons. The average Bonchev–Trinajstić information content (AvgIpc) is 3.33. The summed E-state index contributed by atoms with van der Waals surface area (Å²) in [5, 5.41) is 6.73. The van der Waals surface area contributed by atoms with Crippen molar-refractivity contribution < 1.29 is 23.6 Å². The van der Waals surface area contributed by atoms with Crippen LogP contribution in [0.2, 0.25) is 0 Å². The van der Waals surface area contributed by atoms with E-state index in [1.54, 1.807) is 32.5 Å². The molecule has 0 spiro atoms. The highest BCUT2D eigenvalue weighted by Crippen LogP contribution is 2.24. The van der Waals surface area contributed by atoms with E-state index in [9.17, 15) is 9.59 Å². The summed E-state index contributed by atoms with van der Waals surface area (Å²) in [5.41, 5.74) is 1.67. The van der Waals surface area contributed by atoms with Crippen molar-refractivity contribution in [1.29, 1.82) is 0 Å². The first kappa shape index (κ1) is 23.0. The molecule has 9 heteroatoms. The molecule has 0 atom stereocenters. The predicted molar refractivity (Wildman–Crippen MR) is 117 cm³/mol. The second-order valence-corrected chi connectivity index (χ2v) is 6.94. The molecule has 0 aliphatic carbocycles. The van der Waals surface area contributed by atoms with Crippen molar-refractivity contribution in [1.82, 2.24) is 20.4 Å². The van der Waals surface area contributed by atoms with Crippen LogP contribution in [-0.4, -0.2) is 60.8 Å². The van der Waals surface area contributed by atoms with E-state index >= 15 is 0 Å². The topological polar surface area (TPSA) is 107 Å². The molecule has 2 amide bonds. The van der Waals surface area contributed by atoms with Gasteiger partial charge in [-0.1, -0.05) is 23.4 Å². The van der Waals surface area contributed by atoms with Crippen molar-refractivity contribution in [2.45, 2.75) is 13.0 Å². The standard InChI is InChI=1S/C23H26N4O5/c1-30-13-12-27(11-9-22(28)25-16-18-7-3-4-10-24-18)23(29)20-15-21(32-26-20)17-6-5-8-19(14-17)31-2/h3-8,10,14-15H,9,11-13,16H2,1-2H3,(H,25,28). The maximum atomic E-state index is 13.0. The Balaban J connectivity index is 1.61. The molecular formula is C23H26N4O5. The summed E-state index contributed by atoms with van der Waals surface area (Å²) in [6.45, 7) is 1.21. The Bertz CT molecular complexity index is 1020. The molecule has 0 fully saturated rings. The molecule has 1 aromatic carbocycles. The van der Waals surface area contributed by atoms with Crippen molar-refractivity contribution in [3.05, 3.63) is 66.1 Å². The normalized spacial score (nSPS) is 10.6. The lowest BCUT2D eigenvalue weighted by Gasteiger charge is -2.21. The Kier molecular flexibility index (Phi) is 8.33. The number of ether oxygens (including phenoxy) is 2. The lowest BCUT2D eigenvalue weighted by atomic mass is 10.1. The van der Waals surface area contributed by atoms with Gasteiger partial charge in [-0.3, -0.25) is 14.6 Å². The van der Waals surface area contributed by atoms with E-state index in [1.807, 2.05) is 36.4 Å². The molecule has 9 nitrogen and oxygen atoms in total. The van der Waals surface area contributed by atoms with Crippen LogP contribution in [-0.2, 0) is 16.1 Å². The third-order valence-electron chi connectivity index (χ3n) is 4.74. The van der Waals surface area contributed by atoms with Crippen LogP contribution in [0.1, 0.15) is 22.6 Å². The van der Waals surface area contributed by atoms with Gasteiger partial charge in [0, 0.05) is 44.4 Å². The number of nitrogens with one attached hydrogen (secondary N) is 1. The molecular weight excluding hydrogens is 412 g/mol. The van der Waals surface area contributed by atoms with Crippen LogP contribution in [0.3, 0.4) is 0 Å². The summed E-state index contributed by atoms with van der Waals surface area (Å²) in [4.78, 5) is 30.9. The number of nitrogens with zero attached hydrogens (tertiary/aromatic N) is 3. The fraction of sp³-hybridized carbons (Fsp3) is 0.304. The van der Waals surface area contributed by atoms with E-state index in [2.05, 4.69) is 15.5 Å². The van der Waals surface area contributed by atoms with Gasteiger partial charge in [-0.2, -0.15) is 0 Å². The first-order chi connectivity index (χ1) is 15.6. The summed E-state index contributed by atoms with van der Waals surface area (Å²) in [7, 11) is 3.13. The maximum absolute atomic E-state index is 13.0. The number of aromatic nitrogens is 2. The van der Waals surface area contributed by atoms with Crippen LogP contribution in [0.4, 0.5) is 0 Å². The number of benzene rings is 1. The smallest absolute Gasteiger partial charge is 0.276 e. The van der Waals surface area contributed by atoms with Crippen LogP contribution in [0, 0.1) is 0 Å². The third-order valence-corrected chi connectivity index (χ3v) is 4.74. The van der Waals surface area contributed by atoms with Crippen molar-refractivity contribution in [2.75, 3.05) is 33.9 Å². The number of hydrogen-bond donors (Lipinski definition) is 1. The summed E-state index contributed by atoms with van der Waals surface area (Å²) in [5.74, 6) is 0.609. The minimum atomic E-state index is -0.336. The molecule has 0 radical (unpaired) electrons.